The molecule has 0 atom stereocenters. The molecular weight excluding hydrogens is 358 g/mol. The maximum absolute atomic E-state index is 12.0. The molecule has 0 aliphatic carbocycles. The summed E-state index contributed by atoms with van der Waals surface area (Å²) in [4.78, 5) is 24.5. The first-order valence-corrected chi connectivity index (χ1v) is 7.77. The topological polar surface area (TPSA) is 73.2 Å². The van der Waals surface area contributed by atoms with Crippen LogP contribution in [0.15, 0.2) is 22.9 Å². The number of aromatic nitrogens is 2. The highest BCUT2D eigenvalue weighted by molar-refractivity contribution is 9.10. The van der Waals surface area contributed by atoms with Crippen LogP contribution in [-0.2, 0) is 16.1 Å². The van der Waals surface area contributed by atoms with Gasteiger partial charge in [0.15, 0.2) is 0 Å². The first kappa shape index (κ1) is 15.7. The van der Waals surface area contributed by atoms with E-state index >= 15 is 0 Å². The van der Waals surface area contributed by atoms with Gasteiger partial charge in [-0.3, -0.25) is 9.48 Å². The Labute approximate surface area is 134 Å². The lowest BCUT2D eigenvalue weighted by atomic mass is 10.3. The number of nitrogens with one attached hydrogen (secondary N) is 1. The number of ether oxygens (including phenoxy) is 1. The summed E-state index contributed by atoms with van der Waals surface area (Å²) in [5.41, 5.74) is 0.384. The third-order valence-corrected chi connectivity index (χ3v) is 4.06. The van der Waals surface area contributed by atoms with Crippen molar-refractivity contribution in [2.75, 3.05) is 12.4 Å². The van der Waals surface area contributed by atoms with Crippen molar-refractivity contribution in [2.45, 2.75) is 19.9 Å². The van der Waals surface area contributed by atoms with E-state index in [1.807, 2.05) is 6.92 Å². The molecule has 8 heteroatoms. The van der Waals surface area contributed by atoms with E-state index in [0.29, 0.717) is 17.1 Å². The maximum Gasteiger partial charge on any atom is 0.340 e. The van der Waals surface area contributed by atoms with Crippen molar-refractivity contribution in [2.24, 2.45) is 0 Å². The molecule has 0 radical (unpaired) electrons. The number of nitrogens with zero attached hydrogens (tertiary/aromatic N) is 2. The Balaban J connectivity index is 1.98. The molecule has 0 bridgehead atoms. The number of halogens is 1. The molecule has 0 spiro atoms. The summed E-state index contributed by atoms with van der Waals surface area (Å²) in [6, 6.07) is 1.71. The number of amides is 1. The molecule has 1 amide bonds. The molecule has 112 valence electrons. The monoisotopic (exact) mass is 371 g/mol. The summed E-state index contributed by atoms with van der Waals surface area (Å²) in [5.74, 6) is -0.626. The van der Waals surface area contributed by atoms with Crippen LogP contribution >= 0.6 is 27.3 Å². The van der Waals surface area contributed by atoms with Gasteiger partial charge in [0.2, 0.25) is 5.91 Å². The number of hydrogen-bond acceptors (Lipinski definition) is 5. The molecule has 2 heterocycles. The van der Waals surface area contributed by atoms with Crippen molar-refractivity contribution in [1.82, 2.24) is 9.78 Å². The minimum atomic E-state index is -0.453. The van der Waals surface area contributed by atoms with Crippen molar-refractivity contribution in [3.8, 4) is 0 Å². The van der Waals surface area contributed by atoms with Gasteiger partial charge in [-0.2, -0.15) is 5.10 Å². The predicted octanol–water partition coefficient (Wildman–Crippen LogP) is 2.83. The van der Waals surface area contributed by atoms with Gasteiger partial charge >= 0.3 is 5.97 Å². The molecule has 0 unspecified atom stereocenters. The highest BCUT2D eigenvalue weighted by Crippen LogP contribution is 2.28. The van der Waals surface area contributed by atoms with E-state index < -0.39 is 5.97 Å². The number of carbonyl (C=O) groups excluding carboxylic acids is 2. The second-order valence-electron chi connectivity index (χ2n) is 4.31. The lowest BCUT2D eigenvalue weighted by Gasteiger charge is -2.05. The molecule has 2 rings (SSSR count). The number of hydrogen-bond donors (Lipinski definition) is 1. The van der Waals surface area contributed by atoms with E-state index in [1.165, 1.54) is 18.4 Å². The minimum Gasteiger partial charge on any atom is -0.465 e. The molecule has 6 nitrogen and oxygen atoms in total. The van der Waals surface area contributed by atoms with Gasteiger partial charge in [-0.05, 0) is 28.9 Å². The fourth-order valence-corrected chi connectivity index (χ4v) is 2.98. The summed E-state index contributed by atoms with van der Waals surface area (Å²) < 4.78 is 7.24. The third-order valence-electron chi connectivity index (χ3n) is 2.68. The third kappa shape index (κ3) is 4.15. The molecule has 0 saturated heterocycles. The van der Waals surface area contributed by atoms with E-state index in [0.717, 1.165) is 9.35 Å². The molecule has 0 fully saturated rings. The van der Waals surface area contributed by atoms with Gasteiger partial charge in [0.1, 0.15) is 5.00 Å². The lowest BCUT2D eigenvalue weighted by molar-refractivity contribution is -0.116. The van der Waals surface area contributed by atoms with Crippen LogP contribution in [0.2, 0.25) is 0 Å². The van der Waals surface area contributed by atoms with E-state index in [9.17, 15) is 9.59 Å². The fourth-order valence-electron chi connectivity index (χ4n) is 1.73. The molecule has 2 aromatic rings. The Morgan fingerprint density at radius 3 is 2.90 bits per heavy atom. The Kier molecular flexibility index (Phi) is 5.13. The summed E-state index contributed by atoms with van der Waals surface area (Å²) in [6.07, 6.45) is 3.73. The maximum atomic E-state index is 12.0. The van der Waals surface area contributed by atoms with Crippen LogP contribution in [0.3, 0.4) is 0 Å². The van der Waals surface area contributed by atoms with Crippen LogP contribution in [0.4, 0.5) is 5.00 Å². The van der Waals surface area contributed by atoms with Gasteiger partial charge < -0.3 is 10.1 Å². The largest absolute Gasteiger partial charge is 0.465 e. The molecule has 0 aromatic carbocycles. The summed E-state index contributed by atoms with van der Waals surface area (Å²) in [6.45, 7) is 2.34. The number of rotatable bonds is 5. The zero-order valence-corrected chi connectivity index (χ0v) is 14.0. The SMILES string of the molecule is COC(=O)c1cc(C)sc1NC(=O)CCn1cc(Br)cn1. The van der Waals surface area contributed by atoms with E-state index in [2.05, 4.69) is 26.3 Å². The predicted molar refractivity (Wildman–Crippen MR) is 83.6 cm³/mol. The molecule has 1 N–H and O–H groups in total. The standard InChI is InChI=1S/C13H14BrN3O3S/c1-8-5-10(13(19)20-2)12(21-8)16-11(18)3-4-17-7-9(14)6-15-17/h5-7H,3-4H2,1-2H3,(H,16,18). The number of anilines is 1. The van der Waals surface area contributed by atoms with Crippen LogP contribution in [0.25, 0.3) is 0 Å². The van der Waals surface area contributed by atoms with Crippen LogP contribution in [0.1, 0.15) is 21.7 Å². The highest BCUT2D eigenvalue weighted by Gasteiger charge is 2.17. The van der Waals surface area contributed by atoms with Gasteiger partial charge in [-0.25, -0.2) is 4.79 Å². The van der Waals surface area contributed by atoms with Crippen LogP contribution in [-0.4, -0.2) is 28.8 Å². The Hall–Kier alpha value is -1.67. The lowest BCUT2D eigenvalue weighted by Crippen LogP contribution is -2.15. The van der Waals surface area contributed by atoms with Crippen molar-refractivity contribution in [1.29, 1.82) is 0 Å². The second-order valence-corrected chi connectivity index (χ2v) is 6.48. The number of aryl methyl sites for hydroxylation is 2. The second kappa shape index (κ2) is 6.86. The Morgan fingerprint density at radius 1 is 1.52 bits per heavy atom. The summed E-state index contributed by atoms with van der Waals surface area (Å²) in [7, 11) is 1.32. The average molecular weight is 372 g/mol. The van der Waals surface area contributed by atoms with Crippen molar-refractivity contribution >= 4 is 44.1 Å². The molecular formula is C13H14BrN3O3S. The fraction of sp³-hybridized carbons (Fsp3) is 0.308. The minimum absolute atomic E-state index is 0.173. The van der Waals surface area contributed by atoms with Gasteiger partial charge in [-0.1, -0.05) is 0 Å². The van der Waals surface area contributed by atoms with E-state index in [1.54, 1.807) is 23.1 Å². The average Bonchev–Trinajstić information content (AvgIpc) is 3.01. The zero-order chi connectivity index (χ0) is 15.4. The van der Waals surface area contributed by atoms with E-state index in [4.69, 9.17) is 4.74 Å². The molecule has 2 aromatic heterocycles. The molecule has 0 aliphatic heterocycles. The molecule has 0 saturated carbocycles. The number of thiophene rings is 1. The van der Waals surface area contributed by atoms with Gasteiger partial charge in [0.25, 0.3) is 0 Å². The highest BCUT2D eigenvalue weighted by atomic mass is 79.9. The molecule has 0 aliphatic rings. The van der Waals surface area contributed by atoms with Crippen molar-refractivity contribution < 1.29 is 14.3 Å². The quantitative estimate of drug-likeness (QED) is 0.820. The number of esters is 1. The van der Waals surface area contributed by atoms with Gasteiger partial charge in [-0.15, -0.1) is 11.3 Å². The summed E-state index contributed by atoms with van der Waals surface area (Å²) in [5, 5.41) is 7.35. The zero-order valence-electron chi connectivity index (χ0n) is 11.6. The molecule has 21 heavy (non-hydrogen) atoms. The number of methoxy groups -OCH3 is 1. The Bertz CT molecular complexity index is 665. The summed E-state index contributed by atoms with van der Waals surface area (Å²) >= 11 is 4.64. The van der Waals surface area contributed by atoms with Crippen LogP contribution < -0.4 is 5.32 Å². The first-order valence-electron chi connectivity index (χ1n) is 6.16. The van der Waals surface area contributed by atoms with Crippen LogP contribution in [0, 0.1) is 6.92 Å². The first-order chi connectivity index (χ1) is 9.99. The Morgan fingerprint density at radius 2 is 2.29 bits per heavy atom. The van der Waals surface area contributed by atoms with Crippen LogP contribution in [0.5, 0.6) is 0 Å². The normalized spacial score (nSPS) is 10.4. The van der Waals surface area contributed by atoms with Crippen molar-refractivity contribution in [3.63, 3.8) is 0 Å². The smallest absolute Gasteiger partial charge is 0.340 e. The van der Waals surface area contributed by atoms with Gasteiger partial charge in [0.05, 0.1) is 23.3 Å². The van der Waals surface area contributed by atoms with Gasteiger partial charge in [0, 0.05) is 24.0 Å². The van der Waals surface area contributed by atoms with Crippen molar-refractivity contribution in [3.05, 3.63) is 33.4 Å². The number of carbonyl (C=O) groups is 2. The van der Waals surface area contributed by atoms with E-state index in [-0.39, 0.29) is 12.3 Å².